The molecule has 0 saturated carbocycles. The largest absolute Gasteiger partial charge is 0.292 e. The van der Waals surface area contributed by atoms with Crippen molar-refractivity contribution in [2.75, 3.05) is 13.1 Å². The third-order valence-corrected chi connectivity index (χ3v) is 3.61. The molecule has 0 aromatic heterocycles. The summed E-state index contributed by atoms with van der Waals surface area (Å²) >= 11 is 2.39. The van der Waals surface area contributed by atoms with Crippen LogP contribution in [0.3, 0.4) is 0 Å². The zero-order valence-electron chi connectivity index (χ0n) is 8.91. The van der Waals surface area contributed by atoms with E-state index in [1.165, 1.54) is 9.14 Å². The summed E-state index contributed by atoms with van der Waals surface area (Å²) in [7, 11) is 0. The molecule has 0 saturated heterocycles. The van der Waals surface area contributed by atoms with Crippen LogP contribution in [0.25, 0.3) is 0 Å². The molecule has 1 atom stereocenters. The number of benzene rings is 1. The van der Waals surface area contributed by atoms with Crippen molar-refractivity contribution < 1.29 is 0 Å². The number of rotatable bonds is 2. The third-order valence-electron chi connectivity index (χ3n) is 2.89. The first-order chi connectivity index (χ1) is 7.27. The average molecular weight is 312 g/mol. The van der Waals surface area contributed by atoms with Gasteiger partial charge in [0.05, 0.1) is 0 Å². The first kappa shape index (κ1) is 11.1. The van der Waals surface area contributed by atoms with Crippen LogP contribution in [-0.2, 0) is 0 Å². The second-order valence-corrected chi connectivity index (χ2v) is 5.19. The summed E-state index contributed by atoms with van der Waals surface area (Å²) < 4.78 is 1.35. The molecule has 1 radical (unpaired) electrons. The predicted molar refractivity (Wildman–Crippen MR) is 71.8 cm³/mol. The molecule has 2 rings (SSSR count). The van der Waals surface area contributed by atoms with Crippen molar-refractivity contribution in [2.24, 2.45) is 0 Å². The summed E-state index contributed by atoms with van der Waals surface area (Å²) in [6.07, 6.45) is 4.44. The Morgan fingerprint density at radius 2 is 2.07 bits per heavy atom. The first-order valence-electron chi connectivity index (χ1n) is 5.31. The molecule has 1 aliphatic heterocycles. The summed E-state index contributed by atoms with van der Waals surface area (Å²) in [5.41, 5.74) is 1.41. The standard InChI is InChI=1S/C13H15IN/c1-11(12-6-3-2-4-7-12)15-9-5-8-13(14)10-15/h2-4,6-7,11H,5,9-10H2,1H3. The monoisotopic (exact) mass is 312 g/mol. The lowest BCUT2D eigenvalue weighted by Crippen LogP contribution is -2.31. The molecule has 1 aliphatic rings. The van der Waals surface area contributed by atoms with Gasteiger partial charge in [-0.15, -0.1) is 0 Å². The fraction of sp³-hybridized carbons (Fsp3) is 0.385. The lowest BCUT2D eigenvalue weighted by Gasteiger charge is -2.31. The van der Waals surface area contributed by atoms with Crippen LogP contribution in [0.15, 0.2) is 33.9 Å². The minimum Gasteiger partial charge on any atom is -0.292 e. The molecule has 0 bridgehead atoms. The Labute approximate surface area is 105 Å². The van der Waals surface area contributed by atoms with Gasteiger partial charge in [0, 0.05) is 22.7 Å². The van der Waals surface area contributed by atoms with Crippen molar-refractivity contribution in [1.29, 1.82) is 0 Å². The zero-order valence-corrected chi connectivity index (χ0v) is 11.1. The maximum Gasteiger partial charge on any atom is 0.0323 e. The fourth-order valence-corrected chi connectivity index (χ4v) is 2.63. The van der Waals surface area contributed by atoms with Gasteiger partial charge in [-0.2, -0.15) is 0 Å². The molecule has 0 amide bonds. The summed E-state index contributed by atoms with van der Waals surface area (Å²) in [6, 6.07) is 11.2. The average Bonchev–Trinajstić information content (AvgIpc) is 2.29. The lowest BCUT2D eigenvalue weighted by molar-refractivity contribution is 0.228. The molecular weight excluding hydrogens is 297 g/mol. The van der Waals surface area contributed by atoms with E-state index < -0.39 is 0 Å². The first-order valence-corrected chi connectivity index (χ1v) is 6.39. The van der Waals surface area contributed by atoms with Crippen LogP contribution >= 0.6 is 22.6 Å². The van der Waals surface area contributed by atoms with Crippen LogP contribution in [0.4, 0.5) is 0 Å². The Morgan fingerprint density at radius 1 is 1.33 bits per heavy atom. The second-order valence-electron chi connectivity index (χ2n) is 3.89. The Hall–Kier alpha value is -0.350. The molecule has 0 spiro atoms. The van der Waals surface area contributed by atoms with Gasteiger partial charge >= 0.3 is 0 Å². The van der Waals surface area contributed by atoms with E-state index in [9.17, 15) is 0 Å². The van der Waals surface area contributed by atoms with E-state index in [2.05, 4.69) is 70.8 Å². The van der Waals surface area contributed by atoms with Gasteiger partial charge in [0.2, 0.25) is 0 Å². The smallest absolute Gasteiger partial charge is 0.0323 e. The van der Waals surface area contributed by atoms with E-state index in [1.54, 1.807) is 0 Å². The summed E-state index contributed by atoms with van der Waals surface area (Å²) in [5, 5.41) is 0. The van der Waals surface area contributed by atoms with Crippen molar-refractivity contribution in [2.45, 2.75) is 19.4 Å². The van der Waals surface area contributed by atoms with Crippen molar-refractivity contribution in [3.05, 3.63) is 45.6 Å². The van der Waals surface area contributed by atoms with Gasteiger partial charge in [0.25, 0.3) is 0 Å². The molecule has 1 aromatic rings. The summed E-state index contributed by atoms with van der Waals surface area (Å²) in [5.74, 6) is 0. The van der Waals surface area contributed by atoms with Gasteiger partial charge in [-0.3, -0.25) is 4.90 Å². The van der Waals surface area contributed by atoms with Crippen molar-refractivity contribution in [3.63, 3.8) is 0 Å². The van der Waals surface area contributed by atoms with Gasteiger partial charge in [-0.25, -0.2) is 0 Å². The van der Waals surface area contributed by atoms with Crippen LogP contribution in [0.5, 0.6) is 0 Å². The quantitative estimate of drug-likeness (QED) is 0.755. The highest BCUT2D eigenvalue weighted by atomic mass is 127. The van der Waals surface area contributed by atoms with E-state index in [0.717, 1.165) is 19.5 Å². The fourth-order valence-electron chi connectivity index (χ4n) is 1.92. The maximum absolute atomic E-state index is 3.38. The van der Waals surface area contributed by atoms with E-state index in [-0.39, 0.29) is 0 Å². The van der Waals surface area contributed by atoms with Gasteiger partial charge in [-0.1, -0.05) is 30.3 Å². The van der Waals surface area contributed by atoms with Crippen molar-refractivity contribution in [1.82, 2.24) is 4.90 Å². The van der Waals surface area contributed by atoms with Gasteiger partial charge in [0.1, 0.15) is 0 Å². The minimum absolute atomic E-state index is 0.512. The SMILES string of the molecule is CC(c1ccccc1)N1CC[C]=C(I)C1. The van der Waals surface area contributed by atoms with E-state index in [4.69, 9.17) is 0 Å². The van der Waals surface area contributed by atoms with Crippen LogP contribution in [0.1, 0.15) is 24.9 Å². The van der Waals surface area contributed by atoms with Gasteiger partial charge in [0.15, 0.2) is 0 Å². The highest BCUT2D eigenvalue weighted by Gasteiger charge is 2.18. The van der Waals surface area contributed by atoms with Gasteiger partial charge < -0.3 is 0 Å². The van der Waals surface area contributed by atoms with Crippen LogP contribution in [-0.4, -0.2) is 18.0 Å². The summed E-state index contributed by atoms with van der Waals surface area (Å²) in [4.78, 5) is 2.51. The van der Waals surface area contributed by atoms with E-state index in [0.29, 0.717) is 6.04 Å². The zero-order chi connectivity index (χ0) is 10.7. The van der Waals surface area contributed by atoms with E-state index >= 15 is 0 Å². The van der Waals surface area contributed by atoms with E-state index in [1.807, 2.05) is 0 Å². The molecule has 1 heterocycles. The molecule has 2 heteroatoms. The molecular formula is C13H15IN. The molecule has 15 heavy (non-hydrogen) atoms. The summed E-state index contributed by atoms with van der Waals surface area (Å²) in [6.45, 7) is 4.46. The third kappa shape index (κ3) is 2.82. The lowest BCUT2D eigenvalue weighted by atomic mass is 10.1. The topological polar surface area (TPSA) is 3.24 Å². The van der Waals surface area contributed by atoms with Crippen LogP contribution in [0.2, 0.25) is 0 Å². The molecule has 1 aromatic carbocycles. The molecule has 0 aliphatic carbocycles. The van der Waals surface area contributed by atoms with Crippen LogP contribution < -0.4 is 0 Å². The molecule has 0 fully saturated rings. The molecule has 1 unspecified atom stereocenters. The molecule has 0 N–H and O–H groups in total. The Kier molecular flexibility index (Phi) is 3.81. The van der Waals surface area contributed by atoms with Crippen molar-refractivity contribution in [3.8, 4) is 0 Å². The second kappa shape index (κ2) is 5.12. The number of nitrogens with zero attached hydrogens (tertiary/aromatic N) is 1. The van der Waals surface area contributed by atoms with Crippen molar-refractivity contribution >= 4 is 22.6 Å². The maximum atomic E-state index is 3.38. The van der Waals surface area contributed by atoms with Gasteiger partial charge in [-0.05, 0) is 47.6 Å². The Morgan fingerprint density at radius 3 is 2.73 bits per heavy atom. The number of hydrogen-bond acceptors (Lipinski definition) is 1. The number of hydrogen-bond donors (Lipinski definition) is 0. The number of halogens is 1. The highest BCUT2D eigenvalue weighted by molar-refractivity contribution is 14.1. The predicted octanol–water partition coefficient (Wildman–Crippen LogP) is 3.58. The Balaban J connectivity index is 2.09. The minimum atomic E-state index is 0.512. The molecule has 79 valence electrons. The highest BCUT2D eigenvalue weighted by Crippen LogP contribution is 2.25. The Bertz CT molecular complexity index is 345. The van der Waals surface area contributed by atoms with Crippen LogP contribution in [0, 0.1) is 6.08 Å². The molecule has 1 nitrogen and oxygen atoms in total. The normalized spacial score (nSPS) is 19.7.